The van der Waals surface area contributed by atoms with Gasteiger partial charge < -0.3 is 14.8 Å². The molecular formula is C13H24ClN3O. The third kappa shape index (κ3) is 3.50. The minimum atomic E-state index is 0. The van der Waals surface area contributed by atoms with Gasteiger partial charge in [0.1, 0.15) is 0 Å². The first-order valence-electron chi connectivity index (χ1n) is 6.09. The smallest absolute Gasteiger partial charge is 0.255 e. The molecule has 5 heteroatoms. The van der Waals surface area contributed by atoms with E-state index < -0.39 is 0 Å². The van der Waals surface area contributed by atoms with Gasteiger partial charge in [-0.3, -0.25) is 4.79 Å². The summed E-state index contributed by atoms with van der Waals surface area (Å²) in [6.45, 7) is 8.60. The first-order chi connectivity index (χ1) is 8.02. The second-order valence-electron chi connectivity index (χ2n) is 4.36. The number of likely N-dealkylation sites (N-methyl/N-ethyl adjacent to an activating group) is 2. The Bertz CT molecular complexity index is 401. The lowest BCUT2D eigenvalue weighted by Gasteiger charge is -2.17. The van der Waals surface area contributed by atoms with Crippen LogP contribution < -0.4 is 5.32 Å². The molecule has 1 aromatic heterocycles. The predicted molar refractivity (Wildman–Crippen MR) is 77.7 cm³/mol. The monoisotopic (exact) mass is 273 g/mol. The Kier molecular flexibility index (Phi) is 7.02. The van der Waals surface area contributed by atoms with E-state index in [1.54, 1.807) is 4.90 Å². The molecule has 0 saturated heterocycles. The first kappa shape index (κ1) is 17.0. The molecule has 1 aromatic rings. The average molecular weight is 274 g/mol. The second-order valence-corrected chi connectivity index (χ2v) is 4.36. The summed E-state index contributed by atoms with van der Waals surface area (Å²) in [6, 6.07) is 1.98. The van der Waals surface area contributed by atoms with Crippen molar-refractivity contribution >= 4 is 18.3 Å². The molecule has 0 radical (unpaired) electrons. The molecule has 1 heterocycles. The maximum Gasteiger partial charge on any atom is 0.255 e. The second kappa shape index (κ2) is 7.44. The maximum atomic E-state index is 12.2. The normalized spacial score (nSPS) is 10.1. The minimum Gasteiger partial charge on any atom is -0.349 e. The minimum absolute atomic E-state index is 0. The van der Waals surface area contributed by atoms with Crippen LogP contribution in [0.5, 0.6) is 0 Å². The molecule has 0 aliphatic carbocycles. The van der Waals surface area contributed by atoms with Gasteiger partial charge in [0.2, 0.25) is 0 Å². The van der Waals surface area contributed by atoms with E-state index >= 15 is 0 Å². The fourth-order valence-electron chi connectivity index (χ4n) is 2.09. The van der Waals surface area contributed by atoms with Crippen LogP contribution in [0.1, 0.15) is 28.7 Å². The fourth-order valence-corrected chi connectivity index (χ4v) is 2.09. The molecule has 0 aliphatic heterocycles. The average Bonchev–Trinajstić information content (AvgIpc) is 2.60. The van der Waals surface area contributed by atoms with Crippen LogP contribution in [-0.2, 0) is 6.54 Å². The summed E-state index contributed by atoms with van der Waals surface area (Å²) >= 11 is 0. The lowest BCUT2D eigenvalue weighted by molar-refractivity contribution is 0.0796. The van der Waals surface area contributed by atoms with Crippen LogP contribution in [-0.4, -0.2) is 42.6 Å². The number of amides is 1. The number of nitrogens with one attached hydrogen (secondary N) is 1. The van der Waals surface area contributed by atoms with Crippen LogP contribution in [0.2, 0.25) is 0 Å². The molecule has 0 spiro atoms. The number of aromatic nitrogens is 1. The van der Waals surface area contributed by atoms with E-state index in [-0.39, 0.29) is 18.3 Å². The highest BCUT2D eigenvalue weighted by Gasteiger charge is 2.17. The molecule has 1 amide bonds. The lowest BCUT2D eigenvalue weighted by Crippen LogP contribution is -2.33. The molecule has 0 bridgehead atoms. The fraction of sp³-hybridized carbons (Fsp3) is 0.615. The summed E-state index contributed by atoms with van der Waals surface area (Å²) in [5.74, 6) is 0.105. The van der Waals surface area contributed by atoms with Crippen molar-refractivity contribution in [2.45, 2.75) is 27.3 Å². The van der Waals surface area contributed by atoms with Crippen LogP contribution in [0.15, 0.2) is 6.07 Å². The van der Waals surface area contributed by atoms with Gasteiger partial charge in [-0.15, -0.1) is 12.4 Å². The molecule has 0 saturated carbocycles. The van der Waals surface area contributed by atoms with Crippen LogP contribution in [0, 0.1) is 13.8 Å². The SMILES string of the molecule is CCn1c(C)cc(C(=O)N(C)CCNC)c1C.Cl. The van der Waals surface area contributed by atoms with Gasteiger partial charge in [-0.25, -0.2) is 0 Å². The van der Waals surface area contributed by atoms with Crippen molar-refractivity contribution in [3.8, 4) is 0 Å². The Hall–Kier alpha value is -1.00. The molecule has 0 atom stereocenters. The summed E-state index contributed by atoms with van der Waals surface area (Å²) < 4.78 is 2.17. The largest absolute Gasteiger partial charge is 0.349 e. The van der Waals surface area contributed by atoms with E-state index in [1.165, 1.54) is 0 Å². The summed E-state index contributed by atoms with van der Waals surface area (Å²) in [5, 5.41) is 3.05. The third-order valence-corrected chi connectivity index (χ3v) is 3.16. The first-order valence-corrected chi connectivity index (χ1v) is 6.09. The zero-order valence-electron chi connectivity index (χ0n) is 11.9. The Morgan fingerprint density at radius 2 is 2.06 bits per heavy atom. The van der Waals surface area contributed by atoms with Gasteiger partial charge in [0.05, 0.1) is 5.56 Å². The Labute approximate surface area is 116 Å². The number of hydrogen-bond acceptors (Lipinski definition) is 2. The van der Waals surface area contributed by atoms with E-state index in [0.717, 1.165) is 36.6 Å². The third-order valence-electron chi connectivity index (χ3n) is 3.16. The van der Waals surface area contributed by atoms with Gasteiger partial charge in [-0.1, -0.05) is 0 Å². The summed E-state index contributed by atoms with van der Waals surface area (Å²) in [7, 11) is 3.74. The van der Waals surface area contributed by atoms with Crippen molar-refractivity contribution in [3.63, 3.8) is 0 Å². The van der Waals surface area contributed by atoms with Crippen molar-refractivity contribution in [2.24, 2.45) is 0 Å². The van der Waals surface area contributed by atoms with E-state index in [1.807, 2.05) is 34.0 Å². The van der Waals surface area contributed by atoms with Gasteiger partial charge in [0, 0.05) is 38.1 Å². The zero-order chi connectivity index (χ0) is 13.0. The molecule has 4 nitrogen and oxygen atoms in total. The van der Waals surface area contributed by atoms with Crippen molar-refractivity contribution in [2.75, 3.05) is 27.2 Å². The highest BCUT2D eigenvalue weighted by molar-refractivity contribution is 5.95. The number of hydrogen-bond donors (Lipinski definition) is 1. The highest BCUT2D eigenvalue weighted by atomic mass is 35.5. The summed E-state index contributed by atoms with van der Waals surface area (Å²) in [5.41, 5.74) is 3.03. The van der Waals surface area contributed by atoms with Crippen LogP contribution in [0.25, 0.3) is 0 Å². The standard InChI is InChI=1S/C13H23N3O.ClH/c1-6-16-10(2)9-12(11(16)3)13(17)15(5)8-7-14-4;/h9,14H,6-8H2,1-5H3;1H. The molecule has 18 heavy (non-hydrogen) atoms. The Morgan fingerprint density at radius 1 is 1.44 bits per heavy atom. The van der Waals surface area contributed by atoms with E-state index in [2.05, 4.69) is 16.8 Å². The quantitative estimate of drug-likeness (QED) is 0.889. The Balaban J connectivity index is 0.00000289. The van der Waals surface area contributed by atoms with Gasteiger partial charge in [-0.05, 0) is 33.9 Å². The van der Waals surface area contributed by atoms with Crippen LogP contribution >= 0.6 is 12.4 Å². The molecule has 1 rings (SSSR count). The van der Waals surface area contributed by atoms with Crippen molar-refractivity contribution in [1.82, 2.24) is 14.8 Å². The molecule has 0 fully saturated rings. The van der Waals surface area contributed by atoms with Gasteiger partial charge in [0.25, 0.3) is 5.91 Å². The van der Waals surface area contributed by atoms with E-state index in [0.29, 0.717) is 0 Å². The van der Waals surface area contributed by atoms with Crippen molar-refractivity contribution in [1.29, 1.82) is 0 Å². The number of halogens is 1. The zero-order valence-corrected chi connectivity index (χ0v) is 12.7. The Morgan fingerprint density at radius 3 is 2.50 bits per heavy atom. The van der Waals surface area contributed by atoms with Crippen LogP contribution in [0.3, 0.4) is 0 Å². The molecule has 1 N–H and O–H groups in total. The van der Waals surface area contributed by atoms with Gasteiger partial charge in [0.15, 0.2) is 0 Å². The maximum absolute atomic E-state index is 12.2. The van der Waals surface area contributed by atoms with Gasteiger partial charge >= 0.3 is 0 Å². The molecular weight excluding hydrogens is 250 g/mol. The number of carbonyl (C=O) groups excluding carboxylic acids is 1. The topological polar surface area (TPSA) is 37.3 Å². The molecule has 104 valence electrons. The van der Waals surface area contributed by atoms with Crippen molar-refractivity contribution < 1.29 is 4.79 Å². The summed E-state index contributed by atoms with van der Waals surface area (Å²) in [4.78, 5) is 14.0. The number of carbonyl (C=O) groups is 1. The molecule has 0 unspecified atom stereocenters. The highest BCUT2D eigenvalue weighted by Crippen LogP contribution is 2.16. The van der Waals surface area contributed by atoms with Crippen LogP contribution in [0.4, 0.5) is 0 Å². The number of nitrogens with zero attached hydrogens (tertiary/aromatic N) is 2. The summed E-state index contributed by atoms with van der Waals surface area (Å²) in [6.07, 6.45) is 0. The van der Waals surface area contributed by atoms with E-state index in [9.17, 15) is 4.79 Å². The van der Waals surface area contributed by atoms with Gasteiger partial charge in [-0.2, -0.15) is 0 Å². The molecule has 0 aliphatic rings. The van der Waals surface area contributed by atoms with Crippen molar-refractivity contribution in [3.05, 3.63) is 23.0 Å². The predicted octanol–water partition coefficient (Wildman–Crippen LogP) is 1.84. The number of aryl methyl sites for hydroxylation is 1. The lowest BCUT2D eigenvalue weighted by atomic mass is 10.2. The molecule has 0 aromatic carbocycles. The van der Waals surface area contributed by atoms with E-state index in [4.69, 9.17) is 0 Å². The number of rotatable bonds is 5.